The summed E-state index contributed by atoms with van der Waals surface area (Å²) in [6.45, 7) is 11.3. The molecule has 2 unspecified atom stereocenters. The zero-order valence-corrected chi connectivity index (χ0v) is 17.3. The Balaban J connectivity index is 1.74. The number of aromatic nitrogens is 2. The Morgan fingerprint density at radius 3 is 2.82 bits per heavy atom. The molecule has 1 aliphatic heterocycles. The zero-order valence-electron chi connectivity index (χ0n) is 17.3. The van der Waals surface area contributed by atoms with Gasteiger partial charge in [0.25, 0.3) is 0 Å². The Kier molecular flexibility index (Phi) is 7.48. The molecule has 1 fully saturated rings. The van der Waals surface area contributed by atoms with Crippen molar-refractivity contribution in [2.75, 3.05) is 26.2 Å². The van der Waals surface area contributed by atoms with Crippen molar-refractivity contribution in [3.63, 3.8) is 0 Å². The van der Waals surface area contributed by atoms with Crippen LogP contribution in [0.5, 0.6) is 0 Å². The number of nitrogens with zero attached hydrogens (tertiary/aromatic N) is 4. The first-order valence-corrected chi connectivity index (χ1v) is 10.4. The maximum Gasteiger partial charge on any atom is 0.194 e. The van der Waals surface area contributed by atoms with E-state index in [2.05, 4.69) is 64.1 Å². The standard InChI is InChI=1S/C22H33N5O/c1-4-24-22(25-14-19-8-6-7-9-20(19)16-28-5-2)26-12-10-18(3)21(15-26)27-13-11-23-17-27/h6-9,11,13,17-18,21H,4-5,10,12,14-16H2,1-3H3,(H,24,25). The third-order valence-electron chi connectivity index (χ3n) is 5.44. The van der Waals surface area contributed by atoms with Gasteiger partial charge < -0.3 is 19.5 Å². The largest absolute Gasteiger partial charge is 0.377 e. The third kappa shape index (κ3) is 5.13. The molecular formula is C22H33N5O. The summed E-state index contributed by atoms with van der Waals surface area (Å²) < 4.78 is 7.85. The Labute approximate surface area is 168 Å². The molecule has 6 nitrogen and oxygen atoms in total. The molecule has 152 valence electrons. The highest BCUT2D eigenvalue weighted by Crippen LogP contribution is 2.27. The van der Waals surface area contributed by atoms with E-state index < -0.39 is 0 Å². The maximum absolute atomic E-state index is 5.61. The van der Waals surface area contributed by atoms with Crippen molar-refractivity contribution in [1.82, 2.24) is 19.8 Å². The minimum Gasteiger partial charge on any atom is -0.377 e. The molecule has 3 rings (SSSR count). The van der Waals surface area contributed by atoms with Crippen LogP contribution < -0.4 is 5.32 Å². The molecule has 1 aromatic carbocycles. The van der Waals surface area contributed by atoms with Crippen LogP contribution in [0.25, 0.3) is 0 Å². The molecule has 1 saturated heterocycles. The molecular weight excluding hydrogens is 350 g/mol. The van der Waals surface area contributed by atoms with Gasteiger partial charge in [0, 0.05) is 38.6 Å². The minimum atomic E-state index is 0.422. The number of imidazole rings is 1. The Bertz CT molecular complexity index is 743. The second-order valence-corrected chi connectivity index (χ2v) is 7.37. The second-order valence-electron chi connectivity index (χ2n) is 7.37. The van der Waals surface area contributed by atoms with Gasteiger partial charge in [-0.05, 0) is 37.3 Å². The van der Waals surface area contributed by atoms with Crippen LogP contribution in [0, 0.1) is 5.92 Å². The summed E-state index contributed by atoms with van der Waals surface area (Å²) in [4.78, 5) is 11.6. The van der Waals surface area contributed by atoms with E-state index in [4.69, 9.17) is 9.73 Å². The summed E-state index contributed by atoms with van der Waals surface area (Å²) in [6, 6.07) is 8.84. The average molecular weight is 384 g/mol. The molecule has 1 aliphatic rings. The Morgan fingerprint density at radius 1 is 1.29 bits per heavy atom. The fourth-order valence-electron chi connectivity index (χ4n) is 3.75. The fraction of sp³-hybridized carbons (Fsp3) is 0.545. The van der Waals surface area contributed by atoms with Gasteiger partial charge in [0.1, 0.15) is 0 Å². The highest BCUT2D eigenvalue weighted by atomic mass is 16.5. The van der Waals surface area contributed by atoms with Crippen molar-refractivity contribution in [2.45, 2.75) is 46.4 Å². The highest BCUT2D eigenvalue weighted by molar-refractivity contribution is 5.80. The predicted molar refractivity (Wildman–Crippen MR) is 113 cm³/mol. The van der Waals surface area contributed by atoms with Gasteiger partial charge in [-0.3, -0.25) is 0 Å². The number of benzene rings is 1. The van der Waals surface area contributed by atoms with Crippen LogP contribution in [0.4, 0.5) is 0 Å². The van der Waals surface area contributed by atoms with Gasteiger partial charge in [0.2, 0.25) is 0 Å². The summed E-state index contributed by atoms with van der Waals surface area (Å²) in [5.41, 5.74) is 2.44. The van der Waals surface area contributed by atoms with Crippen molar-refractivity contribution in [1.29, 1.82) is 0 Å². The molecule has 0 aliphatic carbocycles. The smallest absolute Gasteiger partial charge is 0.194 e. The topological polar surface area (TPSA) is 54.7 Å². The number of hydrogen-bond acceptors (Lipinski definition) is 3. The molecule has 0 saturated carbocycles. The van der Waals surface area contributed by atoms with Gasteiger partial charge in [0.15, 0.2) is 5.96 Å². The fourth-order valence-corrected chi connectivity index (χ4v) is 3.75. The molecule has 28 heavy (non-hydrogen) atoms. The molecule has 2 aromatic rings. The van der Waals surface area contributed by atoms with E-state index in [9.17, 15) is 0 Å². The quantitative estimate of drug-likeness (QED) is 0.588. The van der Waals surface area contributed by atoms with Crippen molar-refractivity contribution >= 4 is 5.96 Å². The van der Waals surface area contributed by atoms with E-state index >= 15 is 0 Å². The monoisotopic (exact) mass is 383 g/mol. The second kappa shape index (κ2) is 10.3. The summed E-state index contributed by atoms with van der Waals surface area (Å²) in [5.74, 6) is 1.62. The van der Waals surface area contributed by atoms with Crippen LogP contribution in [0.15, 0.2) is 48.0 Å². The van der Waals surface area contributed by atoms with Crippen LogP contribution in [-0.4, -0.2) is 46.7 Å². The predicted octanol–water partition coefficient (Wildman–Crippen LogP) is 3.47. The summed E-state index contributed by atoms with van der Waals surface area (Å²) in [6.07, 6.45) is 7.01. The molecule has 0 bridgehead atoms. The van der Waals surface area contributed by atoms with Gasteiger partial charge in [-0.15, -0.1) is 0 Å². The molecule has 1 aromatic heterocycles. The van der Waals surface area contributed by atoms with Crippen LogP contribution in [0.1, 0.15) is 44.4 Å². The lowest BCUT2D eigenvalue weighted by Crippen LogP contribution is -2.49. The lowest BCUT2D eigenvalue weighted by atomic mass is 9.93. The van der Waals surface area contributed by atoms with Crippen LogP contribution in [0.2, 0.25) is 0 Å². The third-order valence-corrected chi connectivity index (χ3v) is 5.44. The molecule has 0 radical (unpaired) electrons. The van der Waals surface area contributed by atoms with Crippen molar-refractivity contribution in [3.05, 3.63) is 54.1 Å². The summed E-state index contributed by atoms with van der Waals surface area (Å²) in [5, 5.41) is 3.49. The molecule has 6 heteroatoms. The van der Waals surface area contributed by atoms with E-state index in [-0.39, 0.29) is 0 Å². The molecule has 1 N–H and O–H groups in total. The number of ether oxygens (including phenoxy) is 1. The van der Waals surface area contributed by atoms with Gasteiger partial charge in [0.05, 0.1) is 25.5 Å². The van der Waals surface area contributed by atoms with Gasteiger partial charge >= 0.3 is 0 Å². The molecule has 2 heterocycles. The van der Waals surface area contributed by atoms with Gasteiger partial charge in [-0.25, -0.2) is 9.98 Å². The summed E-state index contributed by atoms with van der Waals surface area (Å²) in [7, 11) is 0. The Hall–Kier alpha value is -2.34. The van der Waals surface area contributed by atoms with Crippen molar-refractivity contribution in [3.8, 4) is 0 Å². The lowest BCUT2D eigenvalue weighted by molar-refractivity contribution is 0.133. The van der Waals surface area contributed by atoms with E-state index in [1.807, 2.05) is 19.4 Å². The first-order chi connectivity index (χ1) is 13.7. The number of nitrogens with one attached hydrogen (secondary N) is 1. The first kappa shape index (κ1) is 20.4. The first-order valence-electron chi connectivity index (χ1n) is 10.4. The van der Waals surface area contributed by atoms with E-state index in [0.29, 0.717) is 25.1 Å². The number of piperidine rings is 1. The number of guanidine groups is 1. The molecule has 0 amide bonds. The van der Waals surface area contributed by atoms with Crippen molar-refractivity contribution < 1.29 is 4.74 Å². The van der Waals surface area contributed by atoms with E-state index in [1.54, 1.807) is 0 Å². The van der Waals surface area contributed by atoms with Gasteiger partial charge in [-0.1, -0.05) is 31.2 Å². The minimum absolute atomic E-state index is 0.422. The van der Waals surface area contributed by atoms with E-state index in [1.165, 1.54) is 11.1 Å². The summed E-state index contributed by atoms with van der Waals surface area (Å²) >= 11 is 0. The van der Waals surface area contributed by atoms with E-state index in [0.717, 1.165) is 38.6 Å². The highest BCUT2D eigenvalue weighted by Gasteiger charge is 2.28. The van der Waals surface area contributed by atoms with Crippen LogP contribution in [-0.2, 0) is 17.9 Å². The van der Waals surface area contributed by atoms with Crippen LogP contribution in [0.3, 0.4) is 0 Å². The number of aliphatic imine (C=N–C) groups is 1. The van der Waals surface area contributed by atoms with Crippen LogP contribution >= 0.6 is 0 Å². The average Bonchev–Trinajstić information content (AvgIpc) is 3.25. The number of rotatable bonds is 7. The number of hydrogen-bond donors (Lipinski definition) is 1. The lowest BCUT2D eigenvalue weighted by Gasteiger charge is -2.39. The van der Waals surface area contributed by atoms with Gasteiger partial charge in [-0.2, -0.15) is 0 Å². The SMILES string of the molecule is CCNC(=NCc1ccccc1COCC)N1CCC(C)C(n2ccnc2)C1. The van der Waals surface area contributed by atoms with Crippen molar-refractivity contribution in [2.24, 2.45) is 10.9 Å². The Morgan fingerprint density at radius 2 is 2.11 bits per heavy atom. The molecule has 2 atom stereocenters. The maximum atomic E-state index is 5.61. The zero-order chi connectivity index (χ0) is 19.8. The number of likely N-dealkylation sites (tertiary alicyclic amines) is 1. The molecule has 0 spiro atoms. The normalized spacial score (nSPS) is 20.4.